The number of aromatic nitrogens is 3. The highest BCUT2D eigenvalue weighted by atomic mass is 19.1. The van der Waals surface area contributed by atoms with Crippen molar-refractivity contribution >= 4 is 5.65 Å². The number of aryl methyl sites for hydroxylation is 1. The number of H-pyrrole nitrogens is 1. The standard InChI is InChI=1S/C20H23FN4O2/c1-12-13(2)22-19-9-18(23-25(19)20(12)26)15-6-7-24(11-15)10-14-4-5-16(27-3)8-17(14)21/h4-5,8-9,15,23H,6-7,10-11H2,1-3H3/t15-/m0/s1. The van der Waals surface area contributed by atoms with Crippen LogP contribution in [0.1, 0.15) is 34.9 Å². The van der Waals surface area contributed by atoms with Gasteiger partial charge in [0.15, 0.2) is 5.65 Å². The van der Waals surface area contributed by atoms with E-state index in [4.69, 9.17) is 4.74 Å². The third kappa shape index (κ3) is 3.23. The van der Waals surface area contributed by atoms with Crippen molar-refractivity contribution in [2.24, 2.45) is 0 Å². The molecule has 1 aromatic carbocycles. The van der Waals surface area contributed by atoms with E-state index >= 15 is 0 Å². The number of hydrogen-bond acceptors (Lipinski definition) is 4. The molecule has 142 valence electrons. The van der Waals surface area contributed by atoms with Crippen molar-refractivity contribution in [2.45, 2.75) is 32.7 Å². The largest absolute Gasteiger partial charge is 0.497 e. The van der Waals surface area contributed by atoms with Crippen molar-refractivity contribution in [2.75, 3.05) is 20.2 Å². The molecule has 1 aliphatic rings. The lowest BCUT2D eigenvalue weighted by Gasteiger charge is -2.16. The van der Waals surface area contributed by atoms with Crippen LogP contribution in [-0.2, 0) is 6.54 Å². The average Bonchev–Trinajstić information content (AvgIpc) is 3.28. The number of hydrogen-bond donors (Lipinski definition) is 1. The fourth-order valence-electron chi connectivity index (χ4n) is 3.70. The molecule has 0 spiro atoms. The second-order valence-corrected chi connectivity index (χ2v) is 7.21. The number of methoxy groups -OCH3 is 1. The van der Waals surface area contributed by atoms with E-state index in [1.807, 2.05) is 13.0 Å². The van der Waals surface area contributed by atoms with Crippen molar-refractivity contribution in [1.29, 1.82) is 0 Å². The Hall–Kier alpha value is -2.67. The van der Waals surface area contributed by atoms with Crippen LogP contribution in [0.4, 0.5) is 4.39 Å². The van der Waals surface area contributed by atoms with Gasteiger partial charge < -0.3 is 4.74 Å². The second kappa shape index (κ2) is 6.81. The van der Waals surface area contributed by atoms with Crippen LogP contribution < -0.4 is 10.3 Å². The van der Waals surface area contributed by atoms with Gasteiger partial charge in [0.25, 0.3) is 5.56 Å². The van der Waals surface area contributed by atoms with Gasteiger partial charge in [0.2, 0.25) is 0 Å². The summed E-state index contributed by atoms with van der Waals surface area (Å²) < 4.78 is 20.8. The molecule has 3 heterocycles. The minimum Gasteiger partial charge on any atom is -0.497 e. The molecule has 0 bridgehead atoms. The Kier molecular flexibility index (Phi) is 4.47. The van der Waals surface area contributed by atoms with Crippen LogP contribution in [0.3, 0.4) is 0 Å². The van der Waals surface area contributed by atoms with E-state index < -0.39 is 0 Å². The molecule has 4 rings (SSSR count). The molecular formula is C20H23FN4O2. The maximum atomic E-state index is 14.2. The zero-order valence-electron chi connectivity index (χ0n) is 15.8. The highest BCUT2D eigenvalue weighted by molar-refractivity contribution is 5.42. The van der Waals surface area contributed by atoms with Crippen LogP contribution in [0.5, 0.6) is 5.75 Å². The van der Waals surface area contributed by atoms with Gasteiger partial charge in [0.05, 0.1) is 7.11 Å². The number of nitrogens with one attached hydrogen (secondary N) is 1. The lowest BCUT2D eigenvalue weighted by molar-refractivity contribution is 0.320. The maximum Gasteiger partial charge on any atom is 0.275 e. The Morgan fingerprint density at radius 2 is 2.15 bits per heavy atom. The Labute approximate surface area is 156 Å². The third-order valence-electron chi connectivity index (χ3n) is 5.47. The Morgan fingerprint density at radius 3 is 2.89 bits per heavy atom. The van der Waals surface area contributed by atoms with E-state index in [0.717, 1.165) is 30.9 Å². The summed E-state index contributed by atoms with van der Waals surface area (Å²) in [5.74, 6) is 0.551. The molecule has 1 atom stereocenters. The number of aromatic amines is 1. The van der Waals surface area contributed by atoms with Crippen LogP contribution >= 0.6 is 0 Å². The van der Waals surface area contributed by atoms with Gasteiger partial charge in [-0.3, -0.25) is 14.8 Å². The summed E-state index contributed by atoms with van der Waals surface area (Å²) in [6.45, 7) is 5.89. The molecule has 0 radical (unpaired) electrons. The fraction of sp³-hybridized carbons (Fsp3) is 0.400. The molecule has 1 N–H and O–H groups in total. The van der Waals surface area contributed by atoms with E-state index in [1.54, 1.807) is 19.1 Å². The SMILES string of the molecule is COc1ccc(CN2CC[C@H](c3cc4nc(C)c(C)c(=O)n4[nH]3)C2)c(F)c1. The van der Waals surface area contributed by atoms with Gasteiger partial charge >= 0.3 is 0 Å². The van der Waals surface area contributed by atoms with Crippen LogP contribution in [-0.4, -0.2) is 39.7 Å². The first-order chi connectivity index (χ1) is 13.0. The first-order valence-corrected chi connectivity index (χ1v) is 9.10. The molecule has 6 nitrogen and oxygen atoms in total. The van der Waals surface area contributed by atoms with Crippen molar-refractivity contribution in [3.8, 4) is 5.75 Å². The number of likely N-dealkylation sites (tertiary alicyclic amines) is 1. The fourth-order valence-corrected chi connectivity index (χ4v) is 3.70. The molecule has 2 aromatic heterocycles. The number of fused-ring (bicyclic) bond motifs is 1. The molecule has 0 amide bonds. The lowest BCUT2D eigenvalue weighted by Crippen LogP contribution is -2.21. The summed E-state index contributed by atoms with van der Waals surface area (Å²) in [6.07, 6.45) is 0.956. The Balaban J connectivity index is 1.52. The molecule has 1 fully saturated rings. The molecule has 1 saturated heterocycles. The Bertz CT molecular complexity index is 1060. The van der Waals surface area contributed by atoms with E-state index in [2.05, 4.69) is 15.0 Å². The number of benzene rings is 1. The minimum atomic E-state index is -0.245. The predicted molar refractivity (Wildman–Crippen MR) is 101 cm³/mol. The topological polar surface area (TPSA) is 62.6 Å². The second-order valence-electron chi connectivity index (χ2n) is 7.21. The first kappa shape index (κ1) is 17.7. The molecular weight excluding hydrogens is 347 g/mol. The molecule has 7 heteroatoms. The highest BCUT2D eigenvalue weighted by Gasteiger charge is 2.26. The molecule has 27 heavy (non-hydrogen) atoms. The number of ether oxygens (including phenoxy) is 1. The van der Waals surface area contributed by atoms with Gasteiger partial charge in [-0.1, -0.05) is 6.07 Å². The van der Waals surface area contributed by atoms with Crippen molar-refractivity contribution in [3.05, 3.63) is 63.0 Å². The van der Waals surface area contributed by atoms with Crippen LogP contribution in [0.25, 0.3) is 5.65 Å². The number of rotatable bonds is 4. The summed E-state index contributed by atoms with van der Waals surface area (Å²) in [7, 11) is 1.53. The predicted octanol–water partition coefficient (Wildman–Crippen LogP) is 2.78. The quantitative estimate of drug-likeness (QED) is 0.767. The molecule has 0 saturated carbocycles. The maximum absolute atomic E-state index is 14.2. The first-order valence-electron chi connectivity index (χ1n) is 9.10. The summed E-state index contributed by atoms with van der Waals surface area (Å²) >= 11 is 0. The lowest BCUT2D eigenvalue weighted by atomic mass is 10.1. The molecule has 0 unspecified atom stereocenters. The van der Waals surface area contributed by atoms with Gasteiger partial charge in [-0.25, -0.2) is 13.9 Å². The number of halogens is 1. The molecule has 0 aliphatic carbocycles. The van der Waals surface area contributed by atoms with E-state index in [-0.39, 0.29) is 17.3 Å². The smallest absolute Gasteiger partial charge is 0.275 e. The van der Waals surface area contributed by atoms with Gasteiger partial charge in [0.1, 0.15) is 11.6 Å². The zero-order chi connectivity index (χ0) is 19.1. The molecule has 1 aliphatic heterocycles. The third-order valence-corrected chi connectivity index (χ3v) is 5.47. The highest BCUT2D eigenvalue weighted by Crippen LogP contribution is 2.28. The van der Waals surface area contributed by atoms with Crippen LogP contribution in [0.15, 0.2) is 29.1 Å². The van der Waals surface area contributed by atoms with E-state index in [0.29, 0.717) is 29.1 Å². The van der Waals surface area contributed by atoms with Gasteiger partial charge in [-0.15, -0.1) is 0 Å². The minimum absolute atomic E-state index is 0.0566. The van der Waals surface area contributed by atoms with E-state index in [1.165, 1.54) is 17.7 Å². The van der Waals surface area contributed by atoms with Crippen molar-refractivity contribution in [1.82, 2.24) is 19.5 Å². The van der Waals surface area contributed by atoms with Crippen molar-refractivity contribution in [3.63, 3.8) is 0 Å². The average molecular weight is 370 g/mol. The van der Waals surface area contributed by atoms with E-state index in [9.17, 15) is 9.18 Å². The van der Waals surface area contributed by atoms with Crippen molar-refractivity contribution < 1.29 is 9.13 Å². The summed E-state index contributed by atoms with van der Waals surface area (Å²) in [4.78, 5) is 19.1. The Morgan fingerprint density at radius 1 is 1.33 bits per heavy atom. The van der Waals surface area contributed by atoms with Crippen LogP contribution in [0.2, 0.25) is 0 Å². The monoisotopic (exact) mass is 370 g/mol. The van der Waals surface area contributed by atoms with Gasteiger partial charge in [-0.2, -0.15) is 0 Å². The van der Waals surface area contributed by atoms with Crippen LogP contribution in [0, 0.1) is 19.7 Å². The summed E-state index contributed by atoms with van der Waals surface area (Å²) in [6, 6.07) is 6.94. The zero-order valence-corrected chi connectivity index (χ0v) is 15.8. The number of nitrogens with zero attached hydrogens (tertiary/aromatic N) is 3. The molecule has 3 aromatic rings. The van der Waals surface area contributed by atoms with Gasteiger partial charge in [-0.05, 0) is 32.9 Å². The summed E-state index contributed by atoms with van der Waals surface area (Å²) in [5.41, 5.74) is 3.67. The van der Waals surface area contributed by atoms with Gasteiger partial charge in [0, 0.05) is 53.7 Å². The normalized spacial score (nSPS) is 17.7. The summed E-state index contributed by atoms with van der Waals surface area (Å²) in [5, 5.41) is 3.21.